The number of amides is 1. The molecule has 0 aromatic heterocycles. The van der Waals surface area contributed by atoms with Crippen LogP contribution in [0.4, 0.5) is 0 Å². The minimum Gasteiger partial charge on any atom is -0.481 e. The van der Waals surface area contributed by atoms with Gasteiger partial charge in [0, 0.05) is 19.1 Å². The van der Waals surface area contributed by atoms with Gasteiger partial charge in [-0.2, -0.15) is 0 Å². The molecule has 1 saturated carbocycles. The van der Waals surface area contributed by atoms with Crippen molar-refractivity contribution in [3.63, 3.8) is 0 Å². The van der Waals surface area contributed by atoms with E-state index in [4.69, 9.17) is 0 Å². The van der Waals surface area contributed by atoms with Gasteiger partial charge in [0.15, 0.2) is 0 Å². The summed E-state index contributed by atoms with van der Waals surface area (Å²) in [6.07, 6.45) is 4.87. The van der Waals surface area contributed by atoms with Crippen molar-refractivity contribution in [1.29, 1.82) is 0 Å². The van der Waals surface area contributed by atoms with Crippen LogP contribution in [0.5, 0.6) is 0 Å². The molecular formula is C16H24N2O3. The van der Waals surface area contributed by atoms with Crippen LogP contribution in [0.15, 0.2) is 12.2 Å². The summed E-state index contributed by atoms with van der Waals surface area (Å²) in [6, 6.07) is 0.367. The highest BCUT2D eigenvalue weighted by Crippen LogP contribution is 2.49. The quantitative estimate of drug-likeness (QED) is 0.786. The van der Waals surface area contributed by atoms with Crippen LogP contribution in [0.25, 0.3) is 0 Å². The first kappa shape index (κ1) is 14.6. The van der Waals surface area contributed by atoms with Gasteiger partial charge in [-0.1, -0.05) is 19.1 Å². The summed E-state index contributed by atoms with van der Waals surface area (Å²) in [5, 5.41) is 9.48. The van der Waals surface area contributed by atoms with E-state index in [9.17, 15) is 14.7 Å². The van der Waals surface area contributed by atoms with Gasteiger partial charge in [-0.25, -0.2) is 0 Å². The maximum Gasteiger partial charge on any atom is 0.307 e. The Balaban J connectivity index is 1.77. The standard InChI is InChI=1S/C16H24N2O3/c1-9-7-18(8-12(9)17(2)3)15(19)13-10-4-5-11(6-10)14(13)16(20)21/h4-5,9-14H,6-8H2,1-3H3,(H,20,21)/t9?,10?,11?,12?,13-,14+/m0/s1. The minimum atomic E-state index is -0.818. The van der Waals surface area contributed by atoms with Crippen molar-refractivity contribution in [1.82, 2.24) is 9.80 Å². The normalized spacial score (nSPS) is 41.2. The van der Waals surface area contributed by atoms with Gasteiger partial charge in [-0.3, -0.25) is 9.59 Å². The molecule has 5 heteroatoms. The van der Waals surface area contributed by atoms with E-state index in [0.717, 1.165) is 19.5 Å². The van der Waals surface area contributed by atoms with Crippen molar-refractivity contribution in [3.8, 4) is 0 Å². The van der Waals surface area contributed by atoms with Crippen molar-refractivity contribution in [2.24, 2.45) is 29.6 Å². The molecule has 3 rings (SSSR count). The molecule has 0 aromatic rings. The number of allylic oxidation sites excluding steroid dienone is 2. The first-order valence-corrected chi connectivity index (χ1v) is 7.76. The number of likely N-dealkylation sites (N-methyl/N-ethyl adjacent to an activating group) is 1. The Morgan fingerprint density at radius 2 is 1.76 bits per heavy atom. The Morgan fingerprint density at radius 3 is 2.29 bits per heavy atom. The van der Waals surface area contributed by atoms with Crippen LogP contribution in [0.2, 0.25) is 0 Å². The topological polar surface area (TPSA) is 60.9 Å². The summed E-state index contributed by atoms with van der Waals surface area (Å²) in [4.78, 5) is 28.5. The molecule has 0 spiro atoms. The number of nitrogens with zero attached hydrogens (tertiary/aromatic N) is 2. The summed E-state index contributed by atoms with van der Waals surface area (Å²) in [5.41, 5.74) is 0. The third-order valence-corrected chi connectivity index (χ3v) is 5.58. The van der Waals surface area contributed by atoms with E-state index in [1.165, 1.54) is 0 Å². The molecule has 1 heterocycles. The van der Waals surface area contributed by atoms with Gasteiger partial charge in [0.25, 0.3) is 0 Å². The Morgan fingerprint density at radius 1 is 1.14 bits per heavy atom. The summed E-state index contributed by atoms with van der Waals surface area (Å²) >= 11 is 0. The predicted molar refractivity (Wildman–Crippen MR) is 78.6 cm³/mol. The number of hydrogen-bond acceptors (Lipinski definition) is 3. The highest BCUT2D eigenvalue weighted by molar-refractivity contribution is 5.87. The lowest BCUT2D eigenvalue weighted by Gasteiger charge is -2.29. The molecule has 1 amide bonds. The van der Waals surface area contributed by atoms with Gasteiger partial charge in [0.1, 0.15) is 0 Å². The first-order valence-electron chi connectivity index (χ1n) is 7.76. The highest BCUT2D eigenvalue weighted by atomic mass is 16.4. The van der Waals surface area contributed by atoms with Crippen LogP contribution >= 0.6 is 0 Å². The van der Waals surface area contributed by atoms with Gasteiger partial charge in [0.05, 0.1) is 11.8 Å². The number of carbonyl (C=O) groups excluding carboxylic acids is 1. The second-order valence-electron chi connectivity index (χ2n) is 7.09. The van der Waals surface area contributed by atoms with Crippen molar-refractivity contribution < 1.29 is 14.7 Å². The average molecular weight is 292 g/mol. The van der Waals surface area contributed by atoms with Crippen molar-refractivity contribution in [3.05, 3.63) is 12.2 Å². The first-order chi connectivity index (χ1) is 9.90. The van der Waals surface area contributed by atoms with E-state index < -0.39 is 11.9 Å². The molecule has 0 aromatic carbocycles. The van der Waals surface area contributed by atoms with E-state index in [2.05, 4.69) is 17.9 Å². The Labute approximate surface area is 125 Å². The molecule has 2 aliphatic carbocycles. The fraction of sp³-hybridized carbons (Fsp3) is 0.750. The number of carboxylic acids is 1. The molecule has 1 saturated heterocycles. The van der Waals surface area contributed by atoms with E-state index >= 15 is 0 Å². The smallest absolute Gasteiger partial charge is 0.307 e. The average Bonchev–Trinajstić information content (AvgIpc) is 3.09. The van der Waals surface area contributed by atoms with E-state index in [-0.39, 0.29) is 23.7 Å². The van der Waals surface area contributed by atoms with Gasteiger partial charge < -0.3 is 14.9 Å². The Hall–Kier alpha value is -1.36. The van der Waals surface area contributed by atoms with Gasteiger partial charge in [-0.15, -0.1) is 0 Å². The summed E-state index contributed by atoms with van der Waals surface area (Å²) in [6.45, 7) is 3.62. The molecule has 21 heavy (non-hydrogen) atoms. The summed E-state index contributed by atoms with van der Waals surface area (Å²) in [5.74, 6) is -1.05. The largest absolute Gasteiger partial charge is 0.481 e. The lowest BCUT2D eigenvalue weighted by Crippen LogP contribution is -2.43. The second-order valence-corrected chi connectivity index (χ2v) is 7.09. The molecule has 5 nitrogen and oxygen atoms in total. The van der Waals surface area contributed by atoms with Gasteiger partial charge in [0.2, 0.25) is 5.91 Å². The number of aliphatic carboxylic acids is 1. The lowest BCUT2D eigenvalue weighted by atomic mass is 9.82. The number of carboxylic acid groups (broad SMARTS) is 1. The summed E-state index contributed by atoms with van der Waals surface area (Å²) in [7, 11) is 4.07. The number of rotatable bonds is 3. The third-order valence-electron chi connectivity index (χ3n) is 5.58. The van der Waals surface area contributed by atoms with Crippen LogP contribution < -0.4 is 0 Å². The Bertz CT molecular complexity index is 488. The molecule has 2 fully saturated rings. The van der Waals surface area contributed by atoms with Crippen molar-refractivity contribution >= 4 is 11.9 Å². The lowest BCUT2D eigenvalue weighted by molar-refractivity contribution is -0.150. The fourth-order valence-electron chi connectivity index (χ4n) is 4.51. The zero-order valence-electron chi connectivity index (χ0n) is 12.9. The van der Waals surface area contributed by atoms with Gasteiger partial charge in [-0.05, 0) is 38.3 Å². The van der Waals surface area contributed by atoms with E-state index in [1.54, 1.807) is 0 Å². The summed E-state index contributed by atoms with van der Waals surface area (Å²) < 4.78 is 0. The maximum absolute atomic E-state index is 12.9. The monoisotopic (exact) mass is 292 g/mol. The molecule has 6 atom stereocenters. The zero-order valence-corrected chi connectivity index (χ0v) is 12.9. The van der Waals surface area contributed by atoms with Crippen LogP contribution in [0.3, 0.4) is 0 Å². The van der Waals surface area contributed by atoms with E-state index in [0.29, 0.717) is 12.0 Å². The van der Waals surface area contributed by atoms with Gasteiger partial charge >= 0.3 is 5.97 Å². The third kappa shape index (κ3) is 2.27. The SMILES string of the molecule is CC1CN(C(=O)[C@H]2C3C=CC(C3)[C@H]2C(=O)O)CC1N(C)C. The number of fused-ring (bicyclic) bond motifs is 2. The van der Waals surface area contributed by atoms with Crippen molar-refractivity contribution in [2.45, 2.75) is 19.4 Å². The maximum atomic E-state index is 12.9. The zero-order chi connectivity index (χ0) is 15.3. The second kappa shape index (κ2) is 5.13. The van der Waals surface area contributed by atoms with Crippen LogP contribution in [-0.2, 0) is 9.59 Å². The molecule has 3 aliphatic rings. The predicted octanol–water partition coefficient (Wildman–Crippen LogP) is 0.918. The highest BCUT2D eigenvalue weighted by Gasteiger charge is 2.53. The van der Waals surface area contributed by atoms with Crippen molar-refractivity contribution in [2.75, 3.05) is 27.2 Å². The fourth-order valence-corrected chi connectivity index (χ4v) is 4.51. The minimum absolute atomic E-state index is 0.0473. The van der Waals surface area contributed by atoms with Crippen LogP contribution in [-0.4, -0.2) is 60.0 Å². The number of hydrogen-bond donors (Lipinski definition) is 1. The molecule has 4 unspecified atom stereocenters. The number of likely N-dealkylation sites (tertiary alicyclic amines) is 1. The molecule has 116 valence electrons. The van der Waals surface area contributed by atoms with E-state index in [1.807, 2.05) is 25.1 Å². The number of carbonyl (C=O) groups is 2. The molecule has 1 aliphatic heterocycles. The molecular weight excluding hydrogens is 268 g/mol. The molecule has 1 N–H and O–H groups in total. The van der Waals surface area contributed by atoms with Crippen LogP contribution in [0.1, 0.15) is 13.3 Å². The Kier molecular flexibility index (Phi) is 3.56. The van der Waals surface area contributed by atoms with Crippen LogP contribution in [0, 0.1) is 29.6 Å². The molecule has 2 bridgehead atoms. The molecule has 0 radical (unpaired) electrons.